The van der Waals surface area contributed by atoms with E-state index < -0.39 is 16.1 Å². The molecule has 2 heterocycles. The van der Waals surface area contributed by atoms with Crippen molar-refractivity contribution in [1.82, 2.24) is 14.3 Å². The lowest BCUT2D eigenvalue weighted by atomic mass is 9.90. The number of sulfonamides is 1. The van der Waals surface area contributed by atoms with Crippen LogP contribution in [0.1, 0.15) is 30.9 Å². The molecular formula is C18H23FN4O3S. The van der Waals surface area contributed by atoms with Gasteiger partial charge in [-0.2, -0.15) is 0 Å². The monoisotopic (exact) mass is 394 g/mol. The van der Waals surface area contributed by atoms with E-state index in [4.69, 9.17) is 0 Å². The molecule has 3 rings (SSSR count). The Bertz CT molecular complexity index is 868. The molecule has 7 nitrogen and oxygen atoms in total. The van der Waals surface area contributed by atoms with Crippen LogP contribution >= 0.6 is 0 Å². The number of rotatable bonds is 6. The zero-order valence-corrected chi connectivity index (χ0v) is 15.9. The summed E-state index contributed by atoms with van der Waals surface area (Å²) in [7, 11) is -3.16. The van der Waals surface area contributed by atoms with Crippen LogP contribution in [0.5, 0.6) is 0 Å². The van der Waals surface area contributed by atoms with Gasteiger partial charge in [0, 0.05) is 30.5 Å². The third-order valence-corrected chi connectivity index (χ3v) is 6.11. The fourth-order valence-electron chi connectivity index (χ4n) is 3.28. The van der Waals surface area contributed by atoms with Crippen LogP contribution in [0.15, 0.2) is 36.8 Å². The lowest BCUT2D eigenvalue weighted by molar-refractivity contribution is 0.125. The highest BCUT2D eigenvalue weighted by molar-refractivity contribution is 7.88. The third kappa shape index (κ3) is 5.21. The van der Waals surface area contributed by atoms with Gasteiger partial charge in [0.2, 0.25) is 10.0 Å². The quantitative estimate of drug-likeness (QED) is 0.781. The van der Waals surface area contributed by atoms with E-state index in [1.807, 2.05) is 0 Å². The van der Waals surface area contributed by atoms with Gasteiger partial charge in [0.05, 0.1) is 12.4 Å². The summed E-state index contributed by atoms with van der Waals surface area (Å²) in [6.07, 6.45) is 5.31. The van der Waals surface area contributed by atoms with Gasteiger partial charge in [-0.25, -0.2) is 27.1 Å². The van der Waals surface area contributed by atoms with E-state index in [1.165, 1.54) is 29.0 Å². The van der Waals surface area contributed by atoms with Gasteiger partial charge in [-0.3, -0.25) is 0 Å². The molecule has 27 heavy (non-hydrogen) atoms. The minimum Gasteiger partial charge on any atom is -0.388 e. The van der Waals surface area contributed by atoms with Crippen LogP contribution in [0.3, 0.4) is 0 Å². The summed E-state index contributed by atoms with van der Waals surface area (Å²) in [5, 5.41) is 13.8. The Morgan fingerprint density at radius 1 is 1.30 bits per heavy atom. The van der Waals surface area contributed by atoms with Gasteiger partial charge in [0.15, 0.2) is 0 Å². The number of benzene rings is 1. The van der Waals surface area contributed by atoms with Crippen molar-refractivity contribution in [3.8, 4) is 0 Å². The second kappa shape index (κ2) is 8.28. The first-order valence-electron chi connectivity index (χ1n) is 8.78. The lowest BCUT2D eigenvalue weighted by Crippen LogP contribution is -2.38. The number of aliphatic hydroxyl groups excluding tert-OH is 1. The van der Waals surface area contributed by atoms with Crippen molar-refractivity contribution < 1.29 is 17.9 Å². The van der Waals surface area contributed by atoms with Crippen LogP contribution in [0.4, 0.5) is 15.9 Å². The van der Waals surface area contributed by atoms with Crippen molar-refractivity contribution in [2.75, 3.05) is 24.7 Å². The predicted molar refractivity (Wildman–Crippen MR) is 100 cm³/mol. The Balaban J connectivity index is 1.65. The summed E-state index contributed by atoms with van der Waals surface area (Å²) in [6.45, 7) is 0.949. The average Bonchev–Trinajstić information content (AvgIpc) is 2.64. The van der Waals surface area contributed by atoms with Crippen LogP contribution in [-0.2, 0) is 10.0 Å². The number of aliphatic hydroxyl groups is 1. The summed E-state index contributed by atoms with van der Waals surface area (Å²) in [4.78, 5) is 8.19. The second-order valence-corrected chi connectivity index (χ2v) is 8.80. The standard InChI is InChI=1S/C18H23FN4O3S/c1-27(25,26)23-8-6-13(7-9-23)10-17(24)16-11-20-12-21-18(16)22-15-4-2-14(19)3-5-15/h2-5,11-13,17,24H,6-10H2,1H3,(H,20,21,22). The zero-order valence-electron chi connectivity index (χ0n) is 15.0. The molecule has 146 valence electrons. The fourth-order valence-corrected chi connectivity index (χ4v) is 4.15. The van der Waals surface area contributed by atoms with Gasteiger partial charge >= 0.3 is 0 Å². The smallest absolute Gasteiger partial charge is 0.211 e. The summed E-state index contributed by atoms with van der Waals surface area (Å²) in [5.74, 6) is 0.360. The largest absolute Gasteiger partial charge is 0.388 e. The van der Waals surface area contributed by atoms with Gasteiger partial charge in [0.25, 0.3) is 0 Å². The van der Waals surface area contributed by atoms with E-state index in [1.54, 1.807) is 18.3 Å². The van der Waals surface area contributed by atoms with Crippen LogP contribution in [-0.4, -0.2) is 47.1 Å². The van der Waals surface area contributed by atoms with Crippen molar-refractivity contribution in [1.29, 1.82) is 0 Å². The lowest BCUT2D eigenvalue weighted by Gasteiger charge is -2.31. The first kappa shape index (κ1) is 19.7. The van der Waals surface area contributed by atoms with E-state index in [0.29, 0.717) is 49.4 Å². The number of hydrogen-bond acceptors (Lipinski definition) is 6. The summed E-state index contributed by atoms with van der Waals surface area (Å²) >= 11 is 0. The Morgan fingerprint density at radius 3 is 2.59 bits per heavy atom. The van der Waals surface area contributed by atoms with Crippen molar-refractivity contribution in [3.63, 3.8) is 0 Å². The van der Waals surface area contributed by atoms with Crippen molar-refractivity contribution in [2.24, 2.45) is 5.92 Å². The second-order valence-electron chi connectivity index (χ2n) is 6.82. The fraction of sp³-hybridized carbons (Fsp3) is 0.444. The molecule has 1 fully saturated rings. The minimum absolute atomic E-state index is 0.219. The number of piperidine rings is 1. The van der Waals surface area contributed by atoms with Gasteiger partial charge < -0.3 is 10.4 Å². The molecule has 1 unspecified atom stereocenters. The van der Waals surface area contributed by atoms with Gasteiger partial charge in [-0.05, 0) is 49.4 Å². The van der Waals surface area contributed by atoms with E-state index in [2.05, 4.69) is 15.3 Å². The Morgan fingerprint density at radius 2 is 1.96 bits per heavy atom. The highest BCUT2D eigenvalue weighted by atomic mass is 32.2. The maximum atomic E-state index is 13.1. The summed E-state index contributed by atoms with van der Waals surface area (Å²) in [5.41, 5.74) is 1.22. The van der Waals surface area contributed by atoms with E-state index in [9.17, 15) is 17.9 Å². The molecule has 0 bridgehead atoms. The Kier molecular flexibility index (Phi) is 6.03. The van der Waals surface area contributed by atoms with Crippen molar-refractivity contribution in [3.05, 3.63) is 48.2 Å². The normalized spacial score (nSPS) is 17.6. The molecule has 0 amide bonds. The SMILES string of the molecule is CS(=O)(=O)N1CCC(CC(O)c2cncnc2Nc2ccc(F)cc2)CC1. The van der Waals surface area contributed by atoms with E-state index in [0.717, 1.165) is 0 Å². The van der Waals surface area contributed by atoms with Crippen LogP contribution in [0, 0.1) is 11.7 Å². The molecule has 0 saturated carbocycles. The molecule has 1 aliphatic heterocycles. The molecule has 0 spiro atoms. The number of halogens is 1. The number of anilines is 2. The van der Waals surface area contributed by atoms with Crippen LogP contribution in [0.2, 0.25) is 0 Å². The Hall–Kier alpha value is -2.10. The molecule has 1 saturated heterocycles. The maximum Gasteiger partial charge on any atom is 0.211 e. The molecule has 2 aromatic rings. The number of aromatic nitrogens is 2. The highest BCUT2D eigenvalue weighted by Gasteiger charge is 2.27. The van der Waals surface area contributed by atoms with Gasteiger partial charge in [0.1, 0.15) is 18.0 Å². The summed E-state index contributed by atoms with van der Waals surface area (Å²) in [6, 6.07) is 5.87. The third-order valence-electron chi connectivity index (χ3n) is 4.81. The number of nitrogens with one attached hydrogen (secondary N) is 1. The highest BCUT2D eigenvalue weighted by Crippen LogP contribution is 2.32. The molecule has 9 heteroatoms. The van der Waals surface area contributed by atoms with Gasteiger partial charge in [-0.1, -0.05) is 0 Å². The number of nitrogens with zero attached hydrogens (tertiary/aromatic N) is 3. The van der Waals surface area contributed by atoms with Crippen molar-refractivity contribution in [2.45, 2.75) is 25.4 Å². The van der Waals surface area contributed by atoms with Gasteiger partial charge in [-0.15, -0.1) is 0 Å². The summed E-state index contributed by atoms with van der Waals surface area (Å²) < 4.78 is 37.7. The predicted octanol–water partition coefficient (Wildman–Crippen LogP) is 2.45. The first-order chi connectivity index (χ1) is 12.8. The molecule has 1 aliphatic rings. The molecule has 1 aromatic carbocycles. The number of hydrogen-bond donors (Lipinski definition) is 2. The molecule has 0 radical (unpaired) electrons. The molecule has 1 aromatic heterocycles. The topological polar surface area (TPSA) is 95.4 Å². The molecule has 1 atom stereocenters. The first-order valence-corrected chi connectivity index (χ1v) is 10.6. The van der Waals surface area contributed by atoms with Crippen molar-refractivity contribution >= 4 is 21.5 Å². The maximum absolute atomic E-state index is 13.1. The van der Waals surface area contributed by atoms with Crippen LogP contribution < -0.4 is 5.32 Å². The van der Waals surface area contributed by atoms with Crippen LogP contribution in [0.25, 0.3) is 0 Å². The van der Waals surface area contributed by atoms with E-state index in [-0.39, 0.29) is 11.7 Å². The van der Waals surface area contributed by atoms with E-state index >= 15 is 0 Å². The molecule has 2 N–H and O–H groups in total. The Labute approximate surface area is 158 Å². The molecule has 0 aliphatic carbocycles. The average molecular weight is 394 g/mol. The molecular weight excluding hydrogens is 371 g/mol. The minimum atomic E-state index is -3.16. The zero-order chi connectivity index (χ0) is 19.4.